The molecule has 0 saturated heterocycles. The van der Waals surface area contributed by atoms with E-state index in [0.717, 1.165) is 113 Å². The van der Waals surface area contributed by atoms with Gasteiger partial charge in [0.25, 0.3) is 0 Å². The summed E-state index contributed by atoms with van der Waals surface area (Å²) in [7, 11) is 0. The Morgan fingerprint density at radius 1 is 0.255 bits per heavy atom. The summed E-state index contributed by atoms with van der Waals surface area (Å²) in [5.41, 5.74) is 0.521. The molecule has 8 aromatic rings. The van der Waals surface area contributed by atoms with Gasteiger partial charge in [0.15, 0.2) is 93.1 Å². The summed E-state index contributed by atoms with van der Waals surface area (Å²) in [6.45, 7) is 0.605. The number of nitrogens with one attached hydrogen (secondary N) is 4. The van der Waals surface area contributed by atoms with E-state index in [4.69, 9.17) is 0 Å². The topological polar surface area (TPSA) is 106 Å². The highest BCUT2D eigenvalue weighted by atomic mass is 127. The Hall–Kier alpha value is -6.12. The van der Waals surface area contributed by atoms with Gasteiger partial charge in [0.1, 0.15) is 22.7 Å². The zero-order chi connectivity index (χ0) is 68.4. The van der Waals surface area contributed by atoms with Gasteiger partial charge in [-0.3, -0.25) is 19.9 Å². The summed E-state index contributed by atoms with van der Waals surface area (Å²) in [6, 6.07) is 15.8. The predicted octanol–water partition coefficient (Wildman–Crippen LogP) is 18.3. The highest BCUT2D eigenvalue weighted by molar-refractivity contribution is 14.1. The quantitative estimate of drug-likeness (QED) is 0.0119. The molecule has 0 spiro atoms. The van der Waals surface area contributed by atoms with E-state index >= 15 is 0 Å². The second-order valence-corrected chi connectivity index (χ2v) is 24.4. The van der Waals surface area contributed by atoms with E-state index in [1.165, 1.54) is 0 Å². The van der Waals surface area contributed by atoms with Gasteiger partial charge in [-0.1, -0.05) is 24.3 Å². The first kappa shape index (κ1) is 76.9. The van der Waals surface area contributed by atoms with Gasteiger partial charge in [-0.15, -0.1) is 0 Å². The van der Waals surface area contributed by atoms with Gasteiger partial charge in [0, 0.05) is 75.8 Å². The molecule has 0 aliphatic rings. The molecule has 30 heteroatoms. The van der Waals surface area contributed by atoms with Gasteiger partial charge in [0.05, 0.1) is 14.3 Å². The number of nitrogens with zero attached hydrogens (tertiary/aromatic N) is 6. The number of aromatic nitrogens is 4. The van der Waals surface area contributed by atoms with Gasteiger partial charge < -0.3 is 31.1 Å². The molecular formula is C64H56F16I4N10. The van der Waals surface area contributed by atoms with Crippen LogP contribution < -0.4 is 21.3 Å². The highest BCUT2D eigenvalue weighted by Gasteiger charge is 2.28. The van der Waals surface area contributed by atoms with E-state index in [1.54, 1.807) is 49.6 Å². The van der Waals surface area contributed by atoms with Crippen molar-refractivity contribution in [3.63, 3.8) is 0 Å². The molecule has 0 aliphatic heterocycles. The summed E-state index contributed by atoms with van der Waals surface area (Å²) in [5, 5.41) is 9.36. The van der Waals surface area contributed by atoms with Gasteiger partial charge in [-0.2, -0.15) is 0 Å². The minimum Gasteiger partial charge on any atom is -0.380 e. The molecule has 94 heavy (non-hydrogen) atoms. The molecule has 0 bridgehead atoms. The molecule has 8 rings (SSSR count). The first-order chi connectivity index (χ1) is 45.0. The lowest BCUT2D eigenvalue weighted by atomic mass is 10.2. The van der Waals surface area contributed by atoms with Crippen LogP contribution >= 0.6 is 90.4 Å². The fourth-order valence-corrected chi connectivity index (χ4v) is 10.6. The van der Waals surface area contributed by atoms with Gasteiger partial charge in [0.2, 0.25) is 0 Å². The summed E-state index contributed by atoms with van der Waals surface area (Å²) < 4.78 is 225. The first-order valence-corrected chi connectivity index (χ1v) is 32.8. The summed E-state index contributed by atoms with van der Waals surface area (Å²) in [5.74, 6) is -25.8. The fraction of sp³-hybridized carbons (Fsp3) is 0.250. The van der Waals surface area contributed by atoms with Crippen molar-refractivity contribution in [3.8, 4) is 0 Å². The van der Waals surface area contributed by atoms with Crippen LogP contribution in [0.5, 0.6) is 0 Å². The zero-order valence-electron chi connectivity index (χ0n) is 49.1. The molecular weight excluding hydrogens is 1720 g/mol. The molecule has 4 aromatic carbocycles. The van der Waals surface area contributed by atoms with Crippen LogP contribution in [-0.4, -0.2) is 95.2 Å². The number of anilines is 4. The number of pyridine rings is 4. The number of unbranched alkanes of at least 4 members (excludes halogenated alkanes) is 1. The van der Waals surface area contributed by atoms with Gasteiger partial charge in [-0.25, -0.2) is 70.2 Å². The van der Waals surface area contributed by atoms with Crippen LogP contribution in [0.1, 0.15) is 60.8 Å². The number of benzene rings is 4. The molecule has 0 atom stereocenters. The third kappa shape index (κ3) is 22.2. The van der Waals surface area contributed by atoms with Gasteiger partial charge in [-0.05, 0) is 239 Å². The lowest BCUT2D eigenvalue weighted by molar-refractivity contribution is 0.238. The van der Waals surface area contributed by atoms with Crippen LogP contribution in [0, 0.1) is 107 Å². The smallest absolute Gasteiger partial charge is 0.186 e. The number of rotatable bonds is 29. The molecule has 0 unspecified atom stereocenters. The molecule has 0 amide bonds. The number of hydrogen-bond donors (Lipinski definition) is 4. The van der Waals surface area contributed by atoms with Crippen molar-refractivity contribution in [1.29, 1.82) is 0 Å². The molecule has 4 aromatic heterocycles. The third-order valence-corrected chi connectivity index (χ3v) is 17.4. The molecule has 4 N–H and O–H groups in total. The van der Waals surface area contributed by atoms with Crippen molar-refractivity contribution in [2.24, 2.45) is 0 Å². The molecule has 0 fully saturated rings. The van der Waals surface area contributed by atoms with Crippen LogP contribution in [0.2, 0.25) is 0 Å². The largest absolute Gasteiger partial charge is 0.380 e. The first-order valence-electron chi connectivity index (χ1n) is 28.5. The van der Waals surface area contributed by atoms with E-state index < -0.39 is 130 Å². The van der Waals surface area contributed by atoms with E-state index in [9.17, 15) is 70.2 Å². The number of halogens is 20. The normalized spacial score (nSPS) is 11.3. The van der Waals surface area contributed by atoms with Crippen molar-refractivity contribution in [2.45, 2.75) is 38.5 Å². The van der Waals surface area contributed by atoms with E-state index in [0.29, 0.717) is 25.9 Å². The minimum absolute atomic E-state index is 0.134. The Labute approximate surface area is 585 Å². The Balaban J connectivity index is 0.000000402. The monoisotopic (exact) mass is 1780 g/mol. The summed E-state index contributed by atoms with van der Waals surface area (Å²) in [6.07, 6.45) is 23.8. The lowest BCUT2D eigenvalue weighted by Gasteiger charge is -2.25. The summed E-state index contributed by atoms with van der Waals surface area (Å²) in [4.78, 5) is 19.5. The molecule has 0 radical (unpaired) electrons. The molecule has 502 valence electrons. The Kier molecular flexibility index (Phi) is 32.1. The average molecular weight is 1780 g/mol. The molecule has 10 nitrogen and oxygen atoms in total. The maximum atomic E-state index is 14.4. The van der Waals surface area contributed by atoms with Crippen LogP contribution in [0.3, 0.4) is 0 Å². The van der Waals surface area contributed by atoms with Crippen molar-refractivity contribution in [1.82, 2.24) is 29.7 Å². The van der Waals surface area contributed by atoms with Crippen molar-refractivity contribution in [3.05, 3.63) is 228 Å². The molecule has 0 aliphatic carbocycles. The van der Waals surface area contributed by atoms with E-state index in [-0.39, 0.29) is 78.0 Å². The van der Waals surface area contributed by atoms with Crippen molar-refractivity contribution >= 4 is 137 Å². The maximum Gasteiger partial charge on any atom is 0.186 e. The van der Waals surface area contributed by atoms with E-state index in [1.807, 2.05) is 58.3 Å². The second-order valence-electron chi connectivity index (χ2n) is 20.1. The van der Waals surface area contributed by atoms with Gasteiger partial charge >= 0.3 is 0 Å². The van der Waals surface area contributed by atoms with Crippen molar-refractivity contribution < 1.29 is 70.2 Å². The lowest BCUT2D eigenvalue weighted by Crippen LogP contribution is -2.32. The van der Waals surface area contributed by atoms with Crippen LogP contribution in [0.15, 0.2) is 98.1 Å². The highest BCUT2D eigenvalue weighted by Crippen LogP contribution is 2.33. The summed E-state index contributed by atoms with van der Waals surface area (Å²) >= 11 is 4.46. The Morgan fingerprint density at radius 2 is 0.415 bits per heavy atom. The fourth-order valence-electron chi connectivity index (χ4n) is 8.73. The third-order valence-electron chi connectivity index (χ3n) is 13.6. The van der Waals surface area contributed by atoms with Crippen LogP contribution in [0.25, 0.3) is 24.3 Å². The van der Waals surface area contributed by atoms with Crippen molar-refractivity contribution in [2.75, 3.05) is 86.7 Å². The maximum absolute atomic E-state index is 14.4. The SMILES string of the molecule is C(=C\c1ccncc1)/c1ccncc1.C(=C\c1ccncc1)/c1ccncc1.Fc1c(F)c(NCCCN(CCCCN(CCCNc2c(F)c(F)c(I)c(F)c2F)CCCNc2c(F)c(F)c(I)c(F)c2F)CCCNc2c(F)c(F)c(I)c(F)c2F)c(F)c(F)c1I. The Bertz CT molecular complexity index is 3220. The standard InChI is InChI=1S/C40H36F16I4N6.2C12H10N2/c41-17-25(49)37(26(50)18(42)33(17)57)61-7-3-13-65(14-4-8-62-38-27(51)19(43)34(58)20(44)28(38)52)11-1-2-12-66(15-5-9-63-39-29(53)21(45)35(59)22(46)30(39)54)16-6-10-64-40-31(55)23(47)36(60)24(48)32(40)56;2*1(11-3-7-13-8-4-11)2-12-5-9-14-10-6-12/h61-64H,1-16H2;2*1-10H/b;2*2-1+. The second kappa shape index (κ2) is 39.2. The molecule has 0 saturated carbocycles. The van der Waals surface area contributed by atoms with Crippen LogP contribution in [-0.2, 0) is 0 Å². The van der Waals surface area contributed by atoms with Crippen LogP contribution in [0.4, 0.5) is 93.0 Å². The number of hydrogen-bond acceptors (Lipinski definition) is 10. The Morgan fingerprint density at radius 3 is 0.585 bits per heavy atom. The zero-order valence-corrected chi connectivity index (χ0v) is 57.7. The van der Waals surface area contributed by atoms with E-state index in [2.05, 4.69) is 65.5 Å². The predicted molar refractivity (Wildman–Crippen MR) is 365 cm³/mol. The minimum atomic E-state index is -1.63. The average Bonchev–Trinajstić information content (AvgIpc) is 0.834. The molecule has 4 heterocycles.